The maximum atomic E-state index is 12.7. The maximum absolute atomic E-state index is 12.7. The monoisotopic (exact) mass is 333 g/mol. The van der Waals surface area contributed by atoms with E-state index < -0.39 is 0 Å². The van der Waals surface area contributed by atoms with Crippen LogP contribution >= 0.6 is 0 Å². The average Bonchev–Trinajstić information content (AvgIpc) is 2.63. The van der Waals surface area contributed by atoms with E-state index in [9.17, 15) is 4.79 Å². The maximum Gasteiger partial charge on any atom is 0.301 e. The summed E-state index contributed by atoms with van der Waals surface area (Å²) < 4.78 is 1.27. The summed E-state index contributed by atoms with van der Waals surface area (Å²) in [4.78, 5) is 14.7. The quantitative estimate of drug-likeness (QED) is 0.688. The molecule has 1 aromatic heterocycles. The smallest absolute Gasteiger partial charge is 0.301 e. The third kappa shape index (κ3) is 3.63. The lowest BCUT2D eigenvalue weighted by atomic mass is 10.2. The summed E-state index contributed by atoms with van der Waals surface area (Å²) in [6.07, 6.45) is 1.64. The van der Waals surface area contributed by atoms with E-state index in [1.54, 1.807) is 13.1 Å². The molecule has 0 bridgehead atoms. The van der Waals surface area contributed by atoms with Gasteiger partial charge >= 0.3 is 5.56 Å². The van der Waals surface area contributed by atoms with Crippen LogP contribution < -0.4 is 10.5 Å². The highest BCUT2D eigenvalue weighted by Crippen LogP contribution is 2.12. The second-order valence-electron chi connectivity index (χ2n) is 5.81. The molecule has 0 fully saturated rings. The predicted octanol–water partition coefficient (Wildman–Crippen LogP) is 2.56. The number of aromatic nitrogens is 3. The van der Waals surface area contributed by atoms with Crippen molar-refractivity contribution in [2.75, 3.05) is 19.0 Å². The van der Waals surface area contributed by atoms with E-state index in [1.807, 2.05) is 73.6 Å². The minimum Gasteiger partial charge on any atom is -0.378 e. The molecule has 0 aliphatic heterocycles. The molecule has 0 atom stereocenters. The molecule has 6 heteroatoms. The summed E-state index contributed by atoms with van der Waals surface area (Å²) in [6.45, 7) is 1.70. The lowest BCUT2D eigenvalue weighted by Crippen LogP contribution is -2.23. The molecule has 0 aliphatic carbocycles. The van der Waals surface area contributed by atoms with Gasteiger partial charge in [0.05, 0.1) is 6.21 Å². The molecule has 0 unspecified atom stereocenters. The van der Waals surface area contributed by atoms with Gasteiger partial charge in [0, 0.05) is 25.3 Å². The van der Waals surface area contributed by atoms with E-state index in [0.29, 0.717) is 5.82 Å². The number of nitrogens with zero attached hydrogens (tertiary/aromatic N) is 5. The molecule has 6 nitrogen and oxygen atoms in total. The second-order valence-corrected chi connectivity index (χ2v) is 5.81. The molecule has 2 aromatic carbocycles. The standard InChI is InChI=1S/C19H19N5O/c1-14-21-22-18(16-7-5-4-6-8-16)19(25)24(14)20-13-15-9-11-17(12-10-15)23(2)3/h4-13H,1-3H3/b20-13+. The van der Waals surface area contributed by atoms with Gasteiger partial charge in [0.15, 0.2) is 11.5 Å². The number of anilines is 1. The van der Waals surface area contributed by atoms with Crippen LogP contribution in [0.4, 0.5) is 5.69 Å². The molecule has 3 rings (SSSR count). The highest BCUT2D eigenvalue weighted by atomic mass is 16.1. The zero-order valence-corrected chi connectivity index (χ0v) is 14.4. The zero-order chi connectivity index (χ0) is 17.8. The van der Waals surface area contributed by atoms with Crippen LogP contribution in [-0.2, 0) is 0 Å². The molecule has 0 saturated carbocycles. The minimum absolute atomic E-state index is 0.284. The molecule has 0 radical (unpaired) electrons. The first kappa shape index (κ1) is 16.6. The van der Waals surface area contributed by atoms with Crippen LogP contribution in [-0.4, -0.2) is 35.2 Å². The second kappa shape index (κ2) is 7.09. The van der Waals surface area contributed by atoms with E-state index in [-0.39, 0.29) is 11.3 Å². The van der Waals surface area contributed by atoms with Gasteiger partial charge in [-0.2, -0.15) is 9.78 Å². The van der Waals surface area contributed by atoms with Crippen LogP contribution in [0.1, 0.15) is 11.4 Å². The van der Waals surface area contributed by atoms with E-state index in [1.165, 1.54) is 4.68 Å². The summed E-state index contributed by atoms with van der Waals surface area (Å²) in [5, 5.41) is 12.4. The Morgan fingerprint density at radius 2 is 1.68 bits per heavy atom. The van der Waals surface area contributed by atoms with Gasteiger partial charge in [0.25, 0.3) is 0 Å². The van der Waals surface area contributed by atoms with Crippen LogP contribution in [0.3, 0.4) is 0 Å². The van der Waals surface area contributed by atoms with Gasteiger partial charge in [-0.25, -0.2) is 0 Å². The summed E-state index contributed by atoms with van der Waals surface area (Å²) in [5.74, 6) is 0.436. The normalized spacial score (nSPS) is 11.0. The van der Waals surface area contributed by atoms with E-state index in [2.05, 4.69) is 15.3 Å². The SMILES string of the molecule is Cc1nnc(-c2ccccc2)c(=O)n1/N=C/c1ccc(N(C)C)cc1. The predicted molar refractivity (Wildman–Crippen MR) is 100 cm³/mol. The summed E-state index contributed by atoms with van der Waals surface area (Å²) >= 11 is 0. The van der Waals surface area contributed by atoms with Crippen molar-refractivity contribution in [3.8, 4) is 11.3 Å². The fourth-order valence-corrected chi connectivity index (χ4v) is 2.35. The number of benzene rings is 2. The van der Waals surface area contributed by atoms with Gasteiger partial charge in [0.1, 0.15) is 0 Å². The van der Waals surface area contributed by atoms with Gasteiger partial charge < -0.3 is 4.90 Å². The third-order valence-corrected chi connectivity index (χ3v) is 3.78. The Morgan fingerprint density at radius 3 is 2.32 bits per heavy atom. The molecule has 0 saturated heterocycles. The van der Waals surface area contributed by atoms with Crippen molar-refractivity contribution in [1.29, 1.82) is 0 Å². The molecule has 0 aliphatic rings. The summed E-state index contributed by atoms with van der Waals surface area (Å²) in [5.41, 5.74) is 2.71. The van der Waals surface area contributed by atoms with E-state index in [4.69, 9.17) is 0 Å². The van der Waals surface area contributed by atoms with Crippen LogP contribution in [0.25, 0.3) is 11.3 Å². The Balaban J connectivity index is 1.96. The fraction of sp³-hybridized carbons (Fsp3) is 0.158. The molecule has 0 spiro atoms. The lowest BCUT2D eigenvalue weighted by molar-refractivity contribution is 0.717. The van der Waals surface area contributed by atoms with Crippen LogP contribution in [0, 0.1) is 6.92 Å². The van der Waals surface area contributed by atoms with Crippen molar-refractivity contribution < 1.29 is 0 Å². The molecular formula is C19H19N5O. The van der Waals surface area contributed by atoms with Crippen LogP contribution in [0.15, 0.2) is 64.5 Å². The average molecular weight is 333 g/mol. The number of hydrogen-bond acceptors (Lipinski definition) is 5. The largest absolute Gasteiger partial charge is 0.378 e. The van der Waals surface area contributed by atoms with Crippen molar-refractivity contribution in [3.63, 3.8) is 0 Å². The first-order valence-electron chi connectivity index (χ1n) is 7.90. The van der Waals surface area contributed by atoms with Crippen molar-refractivity contribution in [1.82, 2.24) is 14.9 Å². The Kier molecular flexibility index (Phi) is 4.70. The van der Waals surface area contributed by atoms with Crippen molar-refractivity contribution in [2.24, 2.45) is 5.10 Å². The summed E-state index contributed by atoms with van der Waals surface area (Å²) in [7, 11) is 3.97. The van der Waals surface area contributed by atoms with Gasteiger partial charge in [-0.3, -0.25) is 4.79 Å². The fourth-order valence-electron chi connectivity index (χ4n) is 2.35. The van der Waals surface area contributed by atoms with E-state index in [0.717, 1.165) is 16.8 Å². The van der Waals surface area contributed by atoms with Gasteiger partial charge in [0.2, 0.25) is 0 Å². The van der Waals surface area contributed by atoms with E-state index >= 15 is 0 Å². The minimum atomic E-state index is -0.292. The van der Waals surface area contributed by atoms with Crippen molar-refractivity contribution in [2.45, 2.75) is 6.92 Å². The molecule has 25 heavy (non-hydrogen) atoms. The first-order chi connectivity index (χ1) is 12.1. The zero-order valence-electron chi connectivity index (χ0n) is 14.4. The Bertz CT molecular complexity index is 944. The first-order valence-corrected chi connectivity index (χ1v) is 7.90. The Hall–Kier alpha value is -3.28. The Labute approximate surface area is 146 Å². The molecule has 126 valence electrons. The topological polar surface area (TPSA) is 63.4 Å². The van der Waals surface area contributed by atoms with Gasteiger partial charge in [-0.1, -0.05) is 42.5 Å². The highest BCUT2D eigenvalue weighted by Gasteiger charge is 2.10. The Morgan fingerprint density at radius 1 is 1.00 bits per heavy atom. The molecular weight excluding hydrogens is 314 g/mol. The van der Waals surface area contributed by atoms with Crippen LogP contribution in [0.2, 0.25) is 0 Å². The van der Waals surface area contributed by atoms with Crippen LogP contribution in [0.5, 0.6) is 0 Å². The van der Waals surface area contributed by atoms with Gasteiger partial charge in [-0.05, 0) is 24.6 Å². The number of rotatable bonds is 4. The highest BCUT2D eigenvalue weighted by molar-refractivity contribution is 5.80. The van der Waals surface area contributed by atoms with Crippen molar-refractivity contribution >= 4 is 11.9 Å². The molecule has 3 aromatic rings. The molecule has 0 N–H and O–H groups in total. The number of aryl methyl sites for hydroxylation is 1. The molecule has 0 amide bonds. The van der Waals surface area contributed by atoms with Gasteiger partial charge in [-0.15, -0.1) is 10.2 Å². The molecule has 1 heterocycles. The number of hydrogen-bond donors (Lipinski definition) is 0. The summed E-state index contributed by atoms with van der Waals surface area (Å²) in [6, 6.07) is 17.2. The lowest BCUT2D eigenvalue weighted by Gasteiger charge is -2.11. The third-order valence-electron chi connectivity index (χ3n) is 3.78. The van der Waals surface area contributed by atoms with Crippen molar-refractivity contribution in [3.05, 3.63) is 76.3 Å².